The fraction of sp³-hybridized carbons (Fsp3) is 0.562. The summed E-state index contributed by atoms with van der Waals surface area (Å²) >= 11 is 0. The molecule has 1 atom stereocenters. The molecule has 1 aromatic rings. The fourth-order valence-electron chi connectivity index (χ4n) is 2.01. The first-order valence-electron chi connectivity index (χ1n) is 7.18. The summed E-state index contributed by atoms with van der Waals surface area (Å²) in [5.74, 6) is -0.450. The highest BCUT2D eigenvalue weighted by atomic mass is 16.5. The number of carbonyl (C=O) groups is 1. The average molecular weight is 264 g/mol. The zero-order valence-corrected chi connectivity index (χ0v) is 11.9. The molecule has 1 N–H and O–H groups in total. The van der Waals surface area contributed by atoms with E-state index in [9.17, 15) is 9.90 Å². The Morgan fingerprint density at radius 2 is 1.95 bits per heavy atom. The second-order valence-corrected chi connectivity index (χ2v) is 4.80. The van der Waals surface area contributed by atoms with Crippen LogP contribution < -0.4 is 0 Å². The van der Waals surface area contributed by atoms with Crippen molar-refractivity contribution in [1.82, 2.24) is 0 Å². The van der Waals surface area contributed by atoms with E-state index in [1.807, 2.05) is 6.92 Å². The van der Waals surface area contributed by atoms with Gasteiger partial charge < -0.3 is 9.84 Å². The second-order valence-electron chi connectivity index (χ2n) is 4.80. The predicted molar refractivity (Wildman–Crippen MR) is 76.4 cm³/mol. The molecule has 0 saturated heterocycles. The van der Waals surface area contributed by atoms with Gasteiger partial charge in [-0.25, -0.2) is 4.79 Å². The summed E-state index contributed by atoms with van der Waals surface area (Å²) in [7, 11) is 0. The van der Waals surface area contributed by atoms with E-state index in [0.29, 0.717) is 0 Å². The minimum Gasteiger partial charge on any atom is -0.507 e. The largest absolute Gasteiger partial charge is 0.507 e. The van der Waals surface area contributed by atoms with Crippen molar-refractivity contribution in [3.05, 3.63) is 29.8 Å². The molecule has 1 rings (SSSR count). The molecule has 0 aliphatic carbocycles. The maximum atomic E-state index is 11.9. The average Bonchev–Trinajstić information content (AvgIpc) is 2.42. The standard InChI is InChI=1S/C16H24O3/c1-3-5-6-7-10-13(4-2)19-16(18)14-11-8-9-12-15(14)17/h8-9,11-13,17H,3-7,10H2,1-2H3. The third kappa shape index (κ3) is 5.33. The molecule has 0 spiro atoms. The van der Waals surface area contributed by atoms with E-state index < -0.39 is 5.97 Å². The first-order chi connectivity index (χ1) is 9.19. The van der Waals surface area contributed by atoms with Crippen molar-refractivity contribution >= 4 is 5.97 Å². The van der Waals surface area contributed by atoms with Gasteiger partial charge in [0.25, 0.3) is 0 Å². The van der Waals surface area contributed by atoms with Crippen LogP contribution in [-0.2, 0) is 4.74 Å². The van der Waals surface area contributed by atoms with E-state index in [2.05, 4.69) is 6.92 Å². The van der Waals surface area contributed by atoms with Crippen LogP contribution >= 0.6 is 0 Å². The lowest BCUT2D eigenvalue weighted by molar-refractivity contribution is 0.0264. The van der Waals surface area contributed by atoms with Crippen molar-refractivity contribution in [1.29, 1.82) is 0 Å². The van der Waals surface area contributed by atoms with Gasteiger partial charge in [0.05, 0.1) is 0 Å². The molecule has 0 bridgehead atoms. The van der Waals surface area contributed by atoms with Crippen LogP contribution in [0.15, 0.2) is 24.3 Å². The molecule has 0 amide bonds. The van der Waals surface area contributed by atoms with Gasteiger partial charge in [-0.3, -0.25) is 0 Å². The molecule has 0 radical (unpaired) electrons. The van der Waals surface area contributed by atoms with E-state index in [0.717, 1.165) is 19.3 Å². The van der Waals surface area contributed by atoms with Crippen LogP contribution in [0.1, 0.15) is 62.7 Å². The van der Waals surface area contributed by atoms with Gasteiger partial charge in [0.2, 0.25) is 0 Å². The highest BCUT2D eigenvalue weighted by Gasteiger charge is 2.16. The molecule has 0 aromatic heterocycles. The number of para-hydroxylation sites is 1. The van der Waals surface area contributed by atoms with Gasteiger partial charge in [0.15, 0.2) is 0 Å². The van der Waals surface area contributed by atoms with Crippen molar-refractivity contribution in [3.63, 3.8) is 0 Å². The van der Waals surface area contributed by atoms with Crippen molar-refractivity contribution in [2.45, 2.75) is 58.5 Å². The zero-order valence-electron chi connectivity index (χ0n) is 11.9. The third-order valence-electron chi connectivity index (χ3n) is 3.23. The molecule has 1 aromatic carbocycles. The molecular formula is C16H24O3. The summed E-state index contributed by atoms with van der Waals surface area (Å²) in [5, 5.41) is 9.61. The van der Waals surface area contributed by atoms with Crippen LogP contribution in [0.5, 0.6) is 5.75 Å². The summed E-state index contributed by atoms with van der Waals surface area (Å²) in [6.07, 6.45) is 6.35. The number of hydrogen-bond acceptors (Lipinski definition) is 3. The minimum atomic E-state index is -0.430. The highest BCUT2D eigenvalue weighted by Crippen LogP contribution is 2.19. The number of aromatic hydroxyl groups is 1. The molecule has 0 aliphatic rings. The zero-order chi connectivity index (χ0) is 14.1. The Morgan fingerprint density at radius 1 is 1.21 bits per heavy atom. The van der Waals surface area contributed by atoms with E-state index in [1.165, 1.54) is 25.3 Å². The number of ether oxygens (including phenoxy) is 1. The van der Waals surface area contributed by atoms with Crippen molar-refractivity contribution in [3.8, 4) is 5.75 Å². The van der Waals surface area contributed by atoms with Crippen molar-refractivity contribution in [2.75, 3.05) is 0 Å². The van der Waals surface area contributed by atoms with Gasteiger partial charge in [-0.15, -0.1) is 0 Å². The van der Waals surface area contributed by atoms with E-state index >= 15 is 0 Å². The highest BCUT2D eigenvalue weighted by molar-refractivity contribution is 5.92. The third-order valence-corrected chi connectivity index (χ3v) is 3.23. The SMILES string of the molecule is CCCCCCC(CC)OC(=O)c1ccccc1O. The number of unbranched alkanes of at least 4 members (excludes halogenated alkanes) is 3. The number of carbonyl (C=O) groups excluding carboxylic acids is 1. The lowest BCUT2D eigenvalue weighted by Crippen LogP contribution is -2.17. The number of hydrogen-bond donors (Lipinski definition) is 1. The van der Waals surface area contributed by atoms with Crippen LogP contribution in [0.25, 0.3) is 0 Å². The summed E-state index contributed by atoms with van der Waals surface area (Å²) in [5.41, 5.74) is 0.245. The lowest BCUT2D eigenvalue weighted by atomic mass is 10.1. The maximum Gasteiger partial charge on any atom is 0.342 e. The van der Waals surface area contributed by atoms with E-state index in [4.69, 9.17) is 4.74 Å². The van der Waals surface area contributed by atoms with Crippen LogP contribution in [-0.4, -0.2) is 17.2 Å². The van der Waals surface area contributed by atoms with Gasteiger partial charge in [0.1, 0.15) is 17.4 Å². The van der Waals surface area contributed by atoms with Gasteiger partial charge >= 0.3 is 5.97 Å². The van der Waals surface area contributed by atoms with E-state index in [-0.39, 0.29) is 17.4 Å². The Balaban J connectivity index is 2.47. The fourth-order valence-corrected chi connectivity index (χ4v) is 2.01. The molecule has 3 heteroatoms. The second kappa shape index (κ2) is 8.57. The number of phenols is 1. The molecule has 0 saturated carbocycles. The molecule has 0 fully saturated rings. The summed E-state index contributed by atoms with van der Waals surface area (Å²) in [4.78, 5) is 11.9. The quantitative estimate of drug-likeness (QED) is 0.562. The summed E-state index contributed by atoms with van der Waals surface area (Å²) < 4.78 is 5.45. The Kier molecular flexibility index (Phi) is 7.01. The smallest absolute Gasteiger partial charge is 0.342 e. The molecule has 0 aliphatic heterocycles. The van der Waals surface area contributed by atoms with Gasteiger partial charge in [-0.2, -0.15) is 0 Å². The summed E-state index contributed by atoms with van der Waals surface area (Å²) in [6.45, 7) is 4.19. The minimum absolute atomic E-state index is 0.0201. The number of phenolic OH excluding ortho intramolecular Hbond substituents is 1. The first-order valence-corrected chi connectivity index (χ1v) is 7.18. The number of rotatable bonds is 8. The normalized spacial score (nSPS) is 12.1. The summed E-state index contributed by atoms with van der Waals surface area (Å²) in [6, 6.07) is 6.49. The van der Waals surface area contributed by atoms with Crippen LogP contribution in [0.4, 0.5) is 0 Å². The van der Waals surface area contributed by atoms with Crippen LogP contribution in [0.3, 0.4) is 0 Å². The van der Waals surface area contributed by atoms with Gasteiger partial charge in [-0.05, 0) is 31.4 Å². The first kappa shape index (κ1) is 15.5. The molecule has 0 heterocycles. The molecular weight excluding hydrogens is 240 g/mol. The van der Waals surface area contributed by atoms with Crippen LogP contribution in [0.2, 0.25) is 0 Å². The predicted octanol–water partition coefficient (Wildman–Crippen LogP) is 4.30. The molecule has 19 heavy (non-hydrogen) atoms. The van der Waals surface area contributed by atoms with E-state index in [1.54, 1.807) is 18.2 Å². The Bertz CT molecular complexity index is 387. The molecule has 106 valence electrons. The number of esters is 1. The Labute approximate surface area is 115 Å². The molecule has 3 nitrogen and oxygen atoms in total. The van der Waals surface area contributed by atoms with Crippen molar-refractivity contribution < 1.29 is 14.6 Å². The van der Waals surface area contributed by atoms with Gasteiger partial charge in [-0.1, -0.05) is 45.2 Å². The van der Waals surface area contributed by atoms with Crippen LogP contribution in [0, 0.1) is 0 Å². The Morgan fingerprint density at radius 3 is 2.58 bits per heavy atom. The lowest BCUT2D eigenvalue weighted by Gasteiger charge is -2.16. The topological polar surface area (TPSA) is 46.5 Å². The number of benzene rings is 1. The monoisotopic (exact) mass is 264 g/mol. The van der Waals surface area contributed by atoms with Crippen molar-refractivity contribution in [2.24, 2.45) is 0 Å². The Hall–Kier alpha value is -1.51. The molecule has 1 unspecified atom stereocenters. The van der Waals surface area contributed by atoms with Gasteiger partial charge in [0, 0.05) is 0 Å². The maximum absolute atomic E-state index is 11.9.